The average molecular weight is 254 g/mol. The van der Waals surface area contributed by atoms with Crippen LogP contribution in [0.25, 0.3) is 0 Å². The summed E-state index contributed by atoms with van der Waals surface area (Å²) in [5, 5.41) is 5.88. The van der Waals surface area contributed by atoms with Crippen LogP contribution < -0.4 is 10.6 Å². The van der Waals surface area contributed by atoms with E-state index in [1.54, 1.807) is 12.3 Å². The third-order valence-electron chi connectivity index (χ3n) is 1.95. The van der Waals surface area contributed by atoms with Crippen molar-refractivity contribution in [2.75, 3.05) is 0 Å². The molecule has 1 rings (SSSR count). The molecule has 0 saturated carbocycles. The van der Waals surface area contributed by atoms with Crippen molar-refractivity contribution in [2.24, 2.45) is 5.41 Å². The number of hydrogen-bond acceptors (Lipinski definition) is 3. The quantitative estimate of drug-likeness (QED) is 0.812. The largest absolute Gasteiger partial charge is 0.467 e. The zero-order chi connectivity index (χ0) is 12.9. The number of rotatable bonds is 3. The molecule has 0 atom stereocenters. The zero-order valence-electron chi connectivity index (χ0n) is 10.4. The Kier molecular flexibility index (Phi) is 4.69. The van der Waals surface area contributed by atoms with Crippen LogP contribution in [0.1, 0.15) is 33.0 Å². The fourth-order valence-corrected chi connectivity index (χ4v) is 1.46. The molecule has 5 heteroatoms. The van der Waals surface area contributed by atoms with Gasteiger partial charge in [0.2, 0.25) is 5.91 Å². The van der Waals surface area contributed by atoms with E-state index in [9.17, 15) is 4.79 Å². The maximum Gasteiger partial charge on any atom is 0.226 e. The van der Waals surface area contributed by atoms with Gasteiger partial charge in [-0.2, -0.15) is 0 Å². The number of thiocarbonyl (C=S) groups is 1. The first-order chi connectivity index (χ1) is 7.87. The highest BCUT2D eigenvalue weighted by atomic mass is 32.1. The minimum absolute atomic E-state index is 0.0410. The molecule has 0 bridgehead atoms. The van der Waals surface area contributed by atoms with E-state index in [1.165, 1.54) is 0 Å². The first kappa shape index (κ1) is 13.7. The van der Waals surface area contributed by atoms with Crippen LogP contribution in [0.3, 0.4) is 0 Å². The van der Waals surface area contributed by atoms with E-state index in [0.29, 0.717) is 18.1 Å². The number of nitrogens with one attached hydrogen (secondary N) is 2. The van der Waals surface area contributed by atoms with Crippen LogP contribution in [0.5, 0.6) is 0 Å². The van der Waals surface area contributed by atoms with E-state index < -0.39 is 0 Å². The second-order valence-electron chi connectivity index (χ2n) is 5.05. The van der Waals surface area contributed by atoms with Crippen molar-refractivity contribution in [3.63, 3.8) is 0 Å². The smallest absolute Gasteiger partial charge is 0.226 e. The maximum atomic E-state index is 11.6. The minimum atomic E-state index is -0.0746. The highest BCUT2D eigenvalue weighted by molar-refractivity contribution is 7.80. The Morgan fingerprint density at radius 1 is 1.47 bits per heavy atom. The summed E-state index contributed by atoms with van der Waals surface area (Å²) in [6.07, 6.45) is 2.04. The van der Waals surface area contributed by atoms with Gasteiger partial charge in [-0.05, 0) is 29.8 Å². The second kappa shape index (κ2) is 5.82. The van der Waals surface area contributed by atoms with Gasteiger partial charge in [0.05, 0.1) is 12.8 Å². The Morgan fingerprint density at radius 3 is 2.71 bits per heavy atom. The van der Waals surface area contributed by atoms with Gasteiger partial charge >= 0.3 is 0 Å². The van der Waals surface area contributed by atoms with Gasteiger partial charge in [0.15, 0.2) is 5.11 Å². The molecular formula is C12H18N2O2S. The summed E-state index contributed by atoms with van der Waals surface area (Å²) >= 11 is 5.01. The van der Waals surface area contributed by atoms with Crippen LogP contribution in [-0.4, -0.2) is 11.0 Å². The first-order valence-electron chi connectivity index (χ1n) is 5.47. The maximum absolute atomic E-state index is 11.6. The number of amides is 1. The molecule has 2 N–H and O–H groups in total. The van der Waals surface area contributed by atoms with Crippen LogP contribution in [-0.2, 0) is 11.3 Å². The lowest BCUT2D eigenvalue weighted by Crippen LogP contribution is -2.40. The summed E-state index contributed by atoms with van der Waals surface area (Å²) < 4.78 is 5.13. The normalized spacial score (nSPS) is 11.0. The van der Waals surface area contributed by atoms with Crippen molar-refractivity contribution in [2.45, 2.75) is 33.7 Å². The molecule has 1 heterocycles. The summed E-state index contributed by atoms with van der Waals surface area (Å²) in [4.78, 5) is 11.6. The lowest BCUT2D eigenvalue weighted by Gasteiger charge is -2.17. The molecule has 94 valence electrons. The molecule has 0 aliphatic rings. The SMILES string of the molecule is CC(C)(C)CC(=O)NC(=S)NCc1ccco1. The third-order valence-corrected chi connectivity index (χ3v) is 2.19. The van der Waals surface area contributed by atoms with Gasteiger partial charge in [-0.3, -0.25) is 4.79 Å². The van der Waals surface area contributed by atoms with E-state index >= 15 is 0 Å². The molecule has 0 aliphatic heterocycles. The predicted molar refractivity (Wildman–Crippen MR) is 70.4 cm³/mol. The van der Waals surface area contributed by atoms with Gasteiger partial charge in [-0.15, -0.1) is 0 Å². The Bertz CT molecular complexity index is 380. The predicted octanol–water partition coefficient (Wildman–Crippen LogP) is 2.21. The Balaban J connectivity index is 2.27. The third kappa shape index (κ3) is 6.06. The van der Waals surface area contributed by atoms with Crippen molar-refractivity contribution >= 4 is 23.2 Å². The highest BCUT2D eigenvalue weighted by Gasteiger charge is 2.16. The molecule has 0 unspecified atom stereocenters. The van der Waals surface area contributed by atoms with Crippen LogP contribution in [0.2, 0.25) is 0 Å². The number of carbonyl (C=O) groups is 1. The molecule has 0 saturated heterocycles. The molecular weight excluding hydrogens is 236 g/mol. The fraction of sp³-hybridized carbons (Fsp3) is 0.500. The van der Waals surface area contributed by atoms with Crippen molar-refractivity contribution in [1.82, 2.24) is 10.6 Å². The molecule has 1 aromatic heterocycles. The fourth-order valence-electron chi connectivity index (χ4n) is 1.28. The molecule has 1 aromatic rings. The standard InChI is InChI=1S/C12H18N2O2S/c1-12(2,3)7-10(15)14-11(17)13-8-9-5-4-6-16-9/h4-6H,7-8H2,1-3H3,(H2,13,14,15,17). The van der Waals surface area contributed by atoms with Crippen molar-refractivity contribution in [3.8, 4) is 0 Å². The minimum Gasteiger partial charge on any atom is -0.467 e. The van der Waals surface area contributed by atoms with Gasteiger partial charge in [0, 0.05) is 6.42 Å². The van der Waals surface area contributed by atoms with Gasteiger partial charge < -0.3 is 15.1 Å². The van der Waals surface area contributed by atoms with Crippen LogP contribution >= 0.6 is 12.2 Å². The van der Waals surface area contributed by atoms with Crippen LogP contribution in [0.4, 0.5) is 0 Å². The van der Waals surface area contributed by atoms with Gasteiger partial charge in [0.25, 0.3) is 0 Å². The zero-order valence-corrected chi connectivity index (χ0v) is 11.2. The molecule has 0 aromatic carbocycles. The van der Waals surface area contributed by atoms with Crippen molar-refractivity contribution in [3.05, 3.63) is 24.2 Å². The lowest BCUT2D eigenvalue weighted by molar-refractivity contribution is -0.121. The van der Waals surface area contributed by atoms with E-state index in [0.717, 1.165) is 5.76 Å². The van der Waals surface area contributed by atoms with E-state index in [2.05, 4.69) is 10.6 Å². The first-order valence-corrected chi connectivity index (χ1v) is 5.88. The monoisotopic (exact) mass is 254 g/mol. The van der Waals surface area contributed by atoms with Crippen molar-refractivity contribution < 1.29 is 9.21 Å². The van der Waals surface area contributed by atoms with E-state index in [-0.39, 0.29) is 11.3 Å². The van der Waals surface area contributed by atoms with Gasteiger partial charge in [-0.1, -0.05) is 20.8 Å². The summed E-state index contributed by atoms with van der Waals surface area (Å²) in [6.45, 7) is 6.49. The number of hydrogen-bond donors (Lipinski definition) is 2. The molecule has 0 spiro atoms. The van der Waals surface area contributed by atoms with Crippen LogP contribution in [0, 0.1) is 5.41 Å². The molecule has 17 heavy (non-hydrogen) atoms. The van der Waals surface area contributed by atoms with Crippen LogP contribution in [0.15, 0.2) is 22.8 Å². The average Bonchev–Trinajstić information content (AvgIpc) is 2.63. The number of carbonyl (C=O) groups excluding carboxylic acids is 1. The molecule has 0 aliphatic carbocycles. The van der Waals surface area contributed by atoms with E-state index in [1.807, 2.05) is 26.8 Å². The van der Waals surface area contributed by atoms with Gasteiger partial charge in [0.1, 0.15) is 5.76 Å². The number of furan rings is 1. The topological polar surface area (TPSA) is 54.3 Å². The molecule has 1 amide bonds. The molecule has 0 fully saturated rings. The Morgan fingerprint density at radius 2 is 2.18 bits per heavy atom. The van der Waals surface area contributed by atoms with Gasteiger partial charge in [-0.25, -0.2) is 0 Å². The Hall–Kier alpha value is -1.36. The summed E-state index contributed by atoms with van der Waals surface area (Å²) in [5.41, 5.74) is -0.0410. The van der Waals surface area contributed by atoms with E-state index in [4.69, 9.17) is 16.6 Å². The second-order valence-corrected chi connectivity index (χ2v) is 5.46. The molecule has 0 radical (unpaired) electrons. The highest BCUT2D eigenvalue weighted by Crippen LogP contribution is 2.17. The molecule has 4 nitrogen and oxygen atoms in total. The summed E-state index contributed by atoms with van der Waals surface area (Å²) in [7, 11) is 0. The summed E-state index contributed by atoms with van der Waals surface area (Å²) in [6, 6.07) is 3.64. The van der Waals surface area contributed by atoms with Crippen molar-refractivity contribution in [1.29, 1.82) is 0 Å². The summed E-state index contributed by atoms with van der Waals surface area (Å²) in [5.74, 6) is 0.701. The Labute approximate surface area is 107 Å². The lowest BCUT2D eigenvalue weighted by atomic mass is 9.92.